The Kier molecular flexibility index (Phi) is 5.55. The maximum atomic E-state index is 13.6. The number of aryl methyl sites for hydroxylation is 1. The molecule has 2 aromatic carbocycles. The van der Waals surface area contributed by atoms with E-state index in [-0.39, 0.29) is 11.8 Å². The van der Waals surface area contributed by atoms with Crippen molar-refractivity contribution in [2.75, 3.05) is 36.5 Å². The molecule has 5 rings (SSSR count). The molecule has 7 heteroatoms. The van der Waals surface area contributed by atoms with Crippen molar-refractivity contribution in [2.24, 2.45) is 5.92 Å². The lowest BCUT2D eigenvalue weighted by Crippen LogP contribution is -2.43. The smallest absolute Gasteiger partial charge is 0.230 e. The van der Waals surface area contributed by atoms with Crippen LogP contribution in [0.2, 0.25) is 5.02 Å². The maximum Gasteiger partial charge on any atom is 0.230 e. The van der Waals surface area contributed by atoms with Gasteiger partial charge in [0.15, 0.2) is 0 Å². The molecule has 6 nitrogen and oxygen atoms in total. The van der Waals surface area contributed by atoms with Crippen molar-refractivity contribution in [1.29, 1.82) is 0 Å². The van der Waals surface area contributed by atoms with Crippen molar-refractivity contribution in [3.63, 3.8) is 0 Å². The summed E-state index contributed by atoms with van der Waals surface area (Å²) in [6.07, 6.45) is 2.41. The summed E-state index contributed by atoms with van der Waals surface area (Å²) in [7, 11) is 1.68. The summed E-state index contributed by atoms with van der Waals surface area (Å²) >= 11 is 6.32. The number of aromatic nitrogens is 2. The van der Waals surface area contributed by atoms with Crippen molar-refractivity contribution < 1.29 is 9.53 Å². The van der Waals surface area contributed by atoms with Crippen LogP contribution in [0.1, 0.15) is 24.4 Å². The zero-order valence-electron chi connectivity index (χ0n) is 18.4. The topological polar surface area (TPSA) is 61.5 Å². The Morgan fingerprint density at radius 3 is 2.59 bits per heavy atom. The van der Waals surface area contributed by atoms with Crippen LogP contribution < -0.4 is 14.5 Å². The van der Waals surface area contributed by atoms with E-state index in [4.69, 9.17) is 16.3 Å². The van der Waals surface area contributed by atoms with Gasteiger partial charge in [0.1, 0.15) is 11.6 Å². The highest BCUT2D eigenvalue weighted by atomic mass is 35.5. The maximum absolute atomic E-state index is 13.6. The molecule has 1 saturated heterocycles. The molecule has 1 N–H and O–H groups in total. The Balaban J connectivity index is 1.34. The van der Waals surface area contributed by atoms with Crippen LogP contribution >= 0.6 is 11.6 Å². The highest BCUT2D eigenvalue weighted by Crippen LogP contribution is 2.38. The quantitative estimate of drug-likeness (QED) is 0.619. The molecule has 1 fully saturated rings. The Bertz CT molecular complexity index is 1130. The standard InChI is InChI=1S/C25H27ClN4O2/c1-16-27-22-11-14-30(23-8-3-18(26)15-21(23)24(22)28-16)25(31)17-9-12-29(13-10-17)19-4-6-20(32-2)7-5-19/h3-8,15,17H,9-14H2,1-2H3,(H,27,28). The van der Waals surface area contributed by atoms with Crippen LogP contribution in [0.5, 0.6) is 5.75 Å². The molecule has 2 aliphatic heterocycles. The number of nitrogens with zero attached hydrogens (tertiary/aromatic N) is 3. The number of piperidine rings is 1. The number of anilines is 2. The number of rotatable bonds is 3. The van der Waals surface area contributed by atoms with Crippen molar-refractivity contribution in [3.8, 4) is 17.0 Å². The van der Waals surface area contributed by atoms with Crippen molar-refractivity contribution in [3.05, 3.63) is 59.0 Å². The van der Waals surface area contributed by atoms with E-state index in [0.717, 1.165) is 66.6 Å². The zero-order valence-corrected chi connectivity index (χ0v) is 19.2. The van der Waals surface area contributed by atoms with Crippen LogP contribution in [0, 0.1) is 12.8 Å². The van der Waals surface area contributed by atoms with E-state index in [9.17, 15) is 4.79 Å². The van der Waals surface area contributed by atoms with Crippen LogP contribution in [0.3, 0.4) is 0 Å². The van der Waals surface area contributed by atoms with Gasteiger partial charge in [-0.05, 0) is 62.2 Å². The number of halogens is 1. The van der Waals surface area contributed by atoms with Gasteiger partial charge in [-0.1, -0.05) is 11.6 Å². The molecule has 0 atom stereocenters. The Labute approximate surface area is 193 Å². The second kappa shape index (κ2) is 8.51. The SMILES string of the molecule is COc1ccc(N2CCC(C(=O)N3CCc4nc(C)[nH]c4-c4cc(Cl)ccc43)CC2)cc1. The van der Waals surface area contributed by atoms with Gasteiger partial charge in [0.25, 0.3) is 0 Å². The summed E-state index contributed by atoms with van der Waals surface area (Å²) in [4.78, 5) is 26.0. The number of ether oxygens (including phenoxy) is 1. The van der Waals surface area contributed by atoms with E-state index in [1.807, 2.05) is 42.2 Å². The summed E-state index contributed by atoms with van der Waals surface area (Å²) in [6.45, 7) is 4.31. The first kappa shape index (κ1) is 20.9. The predicted molar refractivity (Wildman–Crippen MR) is 128 cm³/mol. The van der Waals surface area contributed by atoms with Gasteiger partial charge in [0.05, 0.1) is 24.2 Å². The second-order valence-electron chi connectivity index (χ2n) is 8.50. The molecule has 0 radical (unpaired) electrons. The monoisotopic (exact) mass is 450 g/mol. The molecule has 1 amide bonds. The third kappa shape index (κ3) is 3.84. The number of amides is 1. The normalized spacial score (nSPS) is 16.3. The van der Waals surface area contributed by atoms with Crippen LogP contribution in [-0.4, -0.2) is 42.6 Å². The number of fused-ring (bicyclic) bond motifs is 3. The minimum absolute atomic E-state index is 0.0131. The van der Waals surface area contributed by atoms with Crippen LogP contribution in [-0.2, 0) is 11.2 Å². The molecule has 1 aromatic heterocycles. The molecule has 0 aliphatic carbocycles. The minimum Gasteiger partial charge on any atom is -0.497 e. The molecule has 0 bridgehead atoms. The third-order valence-corrected chi connectivity index (χ3v) is 6.77. The highest BCUT2D eigenvalue weighted by molar-refractivity contribution is 6.31. The van der Waals surface area contributed by atoms with Crippen molar-refractivity contribution in [1.82, 2.24) is 9.97 Å². The van der Waals surface area contributed by atoms with Crippen LogP contribution in [0.4, 0.5) is 11.4 Å². The van der Waals surface area contributed by atoms with Gasteiger partial charge in [-0.25, -0.2) is 4.98 Å². The molecular formula is C25H27ClN4O2. The third-order valence-electron chi connectivity index (χ3n) is 6.54. The average Bonchev–Trinajstić information content (AvgIpc) is 3.13. The fourth-order valence-corrected chi connectivity index (χ4v) is 5.02. The summed E-state index contributed by atoms with van der Waals surface area (Å²) in [5.74, 6) is 1.95. The number of imidazole rings is 1. The van der Waals surface area contributed by atoms with Gasteiger partial charge in [-0.3, -0.25) is 4.79 Å². The number of methoxy groups -OCH3 is 1. The lowest BCUT2D eigenvalue weighted by molar-refractivity contribution is -0.123. The lowest BCUT2D eigenvalue weighted by atomic mass is 9.94. The number of carbonyl (C=O) groups is 1. The van der Waals surface area contributed by atoms with Gasteiger partial charge in [0.2, 0.25) is 5.91 Å². The van der Waals surface area contributed by atoms with Gasteiger partial charge in [-0.2, -0.15) is 0 Å². The molecule has 3 heterocycles. The molecule has 0 saturated carbocycles. The first-order chi connectivity index (χ1) is 15.5. The van der Waals surface area contributed by atoms with Gasteiger partial charge < -0.3 is 19.5 Å². The van der Waals surface area contributed by atoms with Gasteiger partial charge in [0, 0.05) is 48.2 Å². The van der Waals surface area contributed by atoms with Crippen LogP contribution in [0.15, 0.2) is 42.5 Å². The number of benzene rings is 2. The average molecular weight is 451 g/mol. The Morgan fingerprint density at radius 1 is 1.12 bits per heavy atom. The first-order valence-corrected chi connectivity index (χ1v) is 11.5. The summed E-state index contributed by atoms with van der Waals surface area (Å²) in [5.41, 5.74) is 5.01. The minimum atomic E-state index is 0.0131. The fraction of sp³-hybridized carbons (Fsp3) is 0.360. The van der Waals surface area contributed by atoms with Gasteiger partial charge >= 0.3 is 0 Å². The number of hydrogen-bond acceptors (Lipinski definition) is 4. The Morgan fingerprint density at radius 2 is 1.88 bits per heavy atom. The van der Waals surface area contributed by atoms with E-state index in [0.29, 0.717) is 11.6 Å². The molecular weight excluding hydrogens is 424 g/mol. The summed E-state index contributed by atoms with van der Waals surface area (Å²) in [5, 5.41) is 0.657. The van der Waals surface area contributed by atoms with Gasteiger partial charge in [-0.15, -0.1) is 0 Å². The second-order valence-corrected chi connectivity index (χ2v) is 8.94. The van der Waals surface area contributed by atoms with E-state index in [1.165, 1.54) is 5.69 Å². The predicted octanol–water partition coefficient (Wildman–Crippen LogP) is 4.85. The molecule has 32 heavy (non-hydrogen) atoms. The van der Waals surface area contributed by atoms with E-state index < -0.39 is 0 Å². The lowest BCUT2D eigenvalue weighted by Gasteiger charge is -2.35. The molecule has 0 spiro atoms. The number of hydrogen-bond donors (Lipinski definition) is 1. The number of H-pyrrole nitrogens is 1. The van der Waals surface area contributed by atoms with Crippen molar-refractivity contribution >= 4 is 28.9 Å². The summed E-state index contributed by atoms with van der Waals surface area (Å²) in [6, 6.07) is 13.9. The molecule has 3 aromatic rings. The van der Waals surface area contributed by atoms with Crippen LogP contribution in [0.25, 0.3) is 11.3 Å². The van der Waals surface area contributed by atoms with E-state index in [1.54, 1.807) is 7.11 Å². The van der Waals surface area contributed by atoms with E-state index in [2.05, 4.69) is 27.0 Å². The van der Waals surface area contributed by atoms with Crippen molar-refractivity contribution in [2.45, 2.75) is 26.2 Å². The molecule has 2 aliphatic rings. The molecule has 0 unspecified atom stereocenters. The Hall–Kier alpha value is -2.99. The highest BCUT2D eigenvalue weighted by Gasteiger charge is 2.32. The number of nitrogens with one attached hydrogen (secondary N) is 1. The zero-order chi connectivity index (χ0) is 22.2. The number of aromatic amines is 1. The summed E-state index contributed by atoms with van der Waals surface area (Å²) < 4.78 is 5.26. The fourth-order valence-electron chi connectivity index (χ4n) is 4.85. The molecule has 166 valence electrons. The number of carbonyl (C=O) groups excluding carboxylic acids is 1. The first-order valence-electron chi connectivity index (χ1n) is 11.1. The largest absolute Gasteiger partial charge is 0.497 e. The van der Waals surface area contributed by atoms with E-state index >= 15 is 0 Å².